The Bertz CT molecular complexity index is 3830. The summed E-state index contributed by atoms with van der Waals surface area (Å²) in [6.45, 7) is 16.3. The molecule has 0 saturated heterocycles. The van der Waals surface area contributed by atoms with Gasteiger partial charge < -0.3 is 50.7 Å². The predicted molar refractivity (Wildman–Crippen MR) is 344 cm³/mol. The number of amides is 6. The van der Waals surface area contributed by atoms with E-state index in [2.05, 4.69) is 50.7 Å². The molecule has 2 aromatic carbocycles. The molecule has 0 bridgehead atoms. The van der Waals surface area contributed by atoms with Crippen LogP contribution in [0.5, 0.6) is 0 Å². The number of ketones is 3. The van der Waals surface area contributed by atoms with Crippen LogP contribution in [0.15, 0.2) is 60.9 Å². The SMILES string of the molecule is Cc1c(C(=O)Nc2ccc(F)c(F)c2)c(C)n(C)c1C(=O)C(=O)NC1(C)CCC(C)CC1.Cc1c(C(=O)Nc2ccc(F)cc2)c(C)n(C)c1C(=O)C(=O)NC1CCC(C)CC1.Cc1c(C(=O)Nc2cncc(Cl)c2)c(C)n(C)c1C(=O)C(=O)NC1CCC(O)CC1. The van der Waals surface area contributed by atoms with Crippen molar-refractivity contribution in [1.29, 1.82) is 0 Å². The van der Waals surface area contributed by atoms with Gasteiger partial charge in [0.2, 0.25) is 0 Å². The maximum Gasteiger partial charge on any atom is 0.294 e. The number of aliphatic hydroxyl groups excluding tert-OH is 1. The molecular formula is C68H82ClF3N10O10. The van der Waals surface area contributed by atoms with E-state index >= 15 is 0 Å². The molecule has 3 aliphatic carbocycles. The van der Waals surface area contributed by atoms with Gasteiger partial charge in [0.05, 0.1) is 56.8 Å². The number of carbonyl (C=O) groups is 9. The fraction of sp³-hybridized carbons (Fsp3) is 0.441. The molecule has 4 aromatic heterocycles. The van der Waals surface area contributed by atoms with Crippen molar-refractivity contribution in [3.63, 3.8) is 0 Å². The van der Waals surface area contributed by atoms with Crippen LogP contribution in [0.2, 0.25) is 5.02 Å². The molecule has 9 rings (SSSR count). The summed E-state index contributed by atoms with van der Waals surface area (Å²) in [7, 11) is 4.93. The molecule has 3 aliphatic rings. The van der Waals surface area contributed by atoms with Gasteiger partial charge in [0.25, 0.3) is 52.8 Å². The first-order valence-electron chi connectivity index (χ1n) is 30.8. The average Bonchev–Trinajstić information content (AvgIpc) is 1.64. The maximum atomic E-state index is 13.5. The van der Waals surface area contributed by atoms with Gasteiger partial charge in [-0.15, -0.1) is 0 Å². The molecular weight excluding hydrogens is 1210 g/mol. The lowest BCUT2D eigenvalue weighted by atomic mass is 9.78. The number of carbonyl (C=O) groups excluding carboxylic acids is 9. The number of aromatic nitrogens is 4. The molecule has 6 amide bonds. The number of anilines is 3. The number of nitrogens with one attached hydrogen (secondary N) is 6. The fourth-order valence-corrected chi connectivity index (χ4v) is 12.5. The van der Waals surface area contributed by atoms with Crippen molar-refractivity contribution in [2.45, 2.75) is 163 Å². The van der Waals surface area contributed by atoms with Gasteiger partial charge in [-0.3, -0.25) is 48.1 Å². The molecule has 7 N–H and O–H groups in total. The summed E-state index contributed by atoms with van der Waals surface area (Å²) in [6, 6.07) is 9.93. The number of aliphatic hydroxyl groups is 1. The largest absolute Gasteiger partial charge is 0.393 e. The third-order valence-corrected chi connectivity index (χ3v) is 18.4. The van der Waals surface area contributed by atoms with Crippen LogP contribution >= 0.6 is 11.6 Å². The minimum atomic E-state index is -1.08. The van der Waals surface area contributed by atoms with Gasteiger partial charge in [0.1, 0.15) is 5.82 Å². The van der Waals surface area contributed by atoms with Crippen LogP contribution in [0.4, 0.5) is 30.2 Å². The quantitative estimate of drug-likeness (QED) is 0.0375. The number of pyridine rings is 1. The van der Waals surface area contributed by atoms with E-state index in [9.17, 15) is 61.4 Å². The highest BCUT2D eigenvalue weighted by atomic mass is 35.5. The Hall–Kier alpha value is -8.70. The minimum Gasteiger partial charge on any atom is -0.393 e. The topological polar surface area (TPSA) is 274 Å². The first-order valence-corrected chi connectivity index (χ1v) is 31.2. The zero-order valence-electron chi connectivity index (χ0n) is 54.1. The third-order valence-electron chi connectivity index (χ3n) is 18.2. The molecule has 92 heavy (non-hydrogen) atoms. The van der Waals surface area contributed by atoms with E-state index in [-0.39, 0.29) is 46.5 Å². The molecule has 0 radical (unpaired) electrons. The van der Waals surface area contributed by atoms with Crippen molar-refractivity contribution in [1.82, 2.24) is 34.6 Å². The number of benzene rings is 2. The van der Waals surface area contributed by atoms with Crippen molar-refractivity contribution in [2.24, 2.45) is 33.0 Å². The van der Waals surface area contributed by atoms with E-state index in [1.165, 1.54) is 47.3 Å². The number of hydrogen-bond acceptors (Lipinski definition) is 11. The lowest BCUT2D eigenvalue weighted by molar-refractivity contribution is -0.119. The van der Waals surface area contributed by atoms with Crippen molar-refractivity contribution in [3.8, 4) is 0 Å². The van der Waals surface area contributed by atoms with E-state index in [4.69, 9.17) is 11.6 Å². The standard InChI is InChI=1S/C24H29F2N3O3.C23H28FN3O3.C21H25ClN4O4/c1-13-8-10-24(4,11-9-13)28-23(32)21(30)20-14(2)19(15(3)29(20)5)22(31)27-16-6-7-17(25)18(26)12-16;1-13-5-9-17(10-6-13)26-23(30)21(28)20-14(2)19(15(3)27(20)4)22(29)25-18-11-7-16(24)8-12-18;1-11-17(20(29)25-15-8-13(22)9-23-10-15)12(2)26(3)18(11)19(28)21(30)24-14-4-6-16(27)7-5-14/h6-7,12-13H,8-11H2,1-5H3,(H,27,31)(H,28,32);7-8,11-13,17H,5-6,9-10H2,1-4H3,(H,25,29)(H,26,30);8-10,14,16,27H,4-7H2,1-3H3,(H,24,30)(H,25,29). The van der Waals surface area contributed by atoms with Gasteiger partial charge >= 0.3 is 0 Å². The highest BCUT2D eigenvalue weighted by Gasteiger charge is 2.37. The molecule has 492 valence electrons. The molecule has 4 heterocycles. The van der Waals surface area contributed by atoms with E-state index in [1.807, 2.05) is 6.92 Å². The number of rotatable bonds is 15. The van der Waals surface area contributed by atoms with E-state index in [1.54, 1.807) is 77.9 Å². The fourth-order valence-electron chi connectivity index (χ4n) is 12.4. The zero-order valence-corrected chi connectivity index (χ0v) is 54.8. The lowest BCUT2D eigenvalue weighted by Crippen LogP contribution is -2.50. The van der Waals surface area contributed by atoms with Crippen LogP contribution in [-0.4, -0.2) is 100 Å². The Kier molecular flexibility index (Phi) is 23.2. The summed E-state index contributed by atoms with van der Waals surface area (Å²) < 4.78 is 44.4. The second kappa shape index (κ2) is 30.2. The number of hydrogen-bond donors (Lipinski definition) is 7. The summed E-state index contributed by atoms with van der Waals surface area (Å²) in [6.07, 6.45) is 12.5. The van der Waals surface area contributed by atoms with Crippen molar-refractivity contribution in [2.75, 3.05) is 16.0 Å². The molecule has 3 saturated carbocycles. The predicted octanol–water partition coefficient (Wildman–Crippen LogP) is 10.9. The summed E-state index contributed by atoms with van der Waals surface area (Å²) >= 11 is 5.91. The van der Waals surface area contributed by atoms with Gasteiger partial charge in [0.15, 0.2) is 11.6 Å². The molecule has 20 nitrogen and oxygen atoms in total. The van der Waals surface area contributed by atoms with Crippen LogP contribution in [-0.2, 0) is 35.5 Å². The molecule has 6 aromatic rings. The zero-order chi connectivity index (χ0) is 67.8. The van der Waals surface area contributed by atoms with Crippen molar-refractivity contribution in [3.05, 3.63) is 151 Å². The van der Waals surface area contributed by atoms with Crippen LogP contribution < -0.4 is 31.9 Å². The Balaban J connectivity index is 0.000000196. The number of halogens is 4. The van der Waals surface area contributed by atoms with E-state index in [0.29, 0.717) is 98.8 Å². The third kappa shape index (κ3) is 16.7. The molecule has 3 fully saturated rings. The van der Waals surface area contributed by atoms with Gasteiger partial charge in [-0.25, -0.2) is 13.2 Å². The Labute approximate surface area is 538 Å². The summed E-state index contributed by atoms with van der Waals surface area (Å²) in [5, 5.41) is 26.5. The highest BCUT2D eigenvalue weighted by Crippen LogP contribution is 2.33. The molecule has 0 unspecified atom stereocenters. The van der Waals surface area contributed by atoms with Crippen LogP contribution in [0.25, 0.3) is 0 Å². The summed E-state index contributed by atoms with van der Waals surface area (Å²) in [5.74, 6) is -6.72. The number of Topliss-reactive ketones (excluding diaryl/α,β-unsaturated/α-hetero) is 3. The maximum absolute atomic E-state index is 13.5. The van der Waals surface area contributed by atoms with Crippen molar-refractivity contribution < 1.29 is 61.4 Å². The summed E-state index contributed by atoms with van der Waals surface area (Å²) in [5.41, 5.74) is 4.79. The monoisotopic (exact) mass is 1290 g/mol. The first-order chi connectivity index (χ1) is 43.3. The van der Waals surface area contributed by atoms with E-state index in [0.717, 1.165) is 63.5 Å². The molecule has 0 atom stereocenters. The Morgan fingerprint density at radius 3 is 1.34 bits per heavy atom. The van der Waals surface area contributed by atoms with Gasteiger partial charge in [-0.2, -0.15) is 0 Å². The average molecular weight is 1290 g/mol. The van der Waals surface area contributed by atoms with Crippen LogP contribution in [0.3, 0.4) is 0 Å². The minimum absolute atomic E-state index is 0.0144. The van der Waals surface area contributed by atoms with Crippen LogP contribution in [0, 0.1) is 70.8 Å². The van der Waals surface area contributed by atoms with Crippen molar-refractivity contribution >= 4 is 81.5 Å². The molecule has 24 heteroatoms. The van der Waals surface area contributed by atoms with E-state index < -0.39 is 75.8 Å². The summed E-state index contributed by atoms with van der Waals surface area (Å²) in [4.78, 5) is 119. The van der Waals surface area contributed by atoms with Crippen LogP contribution in [0.1, 0.15) is 194 Å². The van der Waals surface area contributed by atoms with Gasteiger partial charge in [0, 0.05) is 79.5 Å². The first kappa shape index (κ1) is 70.8. The second-order valence-electron chi connectivity index (χ2n) is 25.0. The van der Waals surface area contributed by atoms with Gasteiger partial charge in [-0.05, 0) is 197 Å². The Morgan fingerprint density at radius 2 is 0.902 bits per heavy atom. The Morgan fingerprint density at radius 1 is 0.511 bits per heavy atom. The lowest BCUT2D eigenvalue weighted by Gasteiger charge is -2.36. The molecule has 0 spiro atoms. The molecule has 0 aliphatic heterocycles. The normalized spacial score (nSPS) is 19.4. The highest BCUT2D eigenvalue weighted by molar-refractivity contribution is 6.44. The second-order valence-corrected chi connectivity index (χ2v) is 25.4. The number of nitrogens with zero attached hydrogens (tertiary/aromatic N) is 4. The van der Waals surface area contributed by atoms with Gasteiger partial charge in [-0.1, -0.05) is 25.4 Å². The smallest absolute Gasteiger partial charge is 0.294 e.